The van der Waals surface area contributed by atoms with Crippen molar-refractivity contribution in [3.8, 4) is 0 Å². The molecule has 0 unspecified atom stereocenters. The zero-order valence-electron chi connectivity index (χ0n) is 20.2. The molecule has 0 fully saturated rings. The predicted octanol–water partition coefficient (Wildman–Crippen LogP) is 6.66. The van der Waals surface area contributed by atoms with Crippen molar-refractivity contribution in [1.82, 2.24) is 0 Å². The summed E-state index contributed by atoms with van der Waals surface area (Å²) in [4.78, 5) is 23.4. The van der Waals surface area contributed by atoms with Crippen LogP contribution in [-0.4, -0.2) is 36.4 Å². The summed E-state index contributed by atoms with van der Waals surface area (Å²) in [5, 5.41) is 9.29. The molecule has 0 saturated heterocycles. The molecule has 0 amide bonds. The van der Waals surface area contributed by atoms with Gasteiger partial charge in [-0.3, -0.25) is 9.59 Å². The van der Waals surface area contributed by atoms with E-state index in [4.69, 9.17) is 9.47 Å². The number of aliphatic hydroxyl groups is 1. The molecule has 0 spiro atoms. The average molecular weight is 441 g/mol. The largest absolute Gasteiger partial charge is 0.462 e. The van der Waals surface area contributed by atoms with Gasteiger partial charge >= 0.3 is 11.9 Å². The normalized spacial score (nSPS) is 12.2. The summed E-state index contributed by atoms with van der Waals surface area (Å²) in [5.74, 6) is -0.641. The Hall–Kier alpha value is -1.36. The third-order valence-electron chi connectivity index (χ3n) is 5.31. The van der Waals surface area contributed by atoms with Crippen LogP contribution in [0, 0.1) is 0 Å². The maximum absolute atomic E-state index is 11.9. The van der Waals surface area contributed by atoms with Gasteiger partial charge < -0.3 is 14.6 Å². The highest BCUT2D eigenvalue weighted by Crippen LogP contribution is 2.11. The number of hydrogen-bond acceptors (Lipinski definition) is 5. The molecule has 0 aliphatic heterocycles. The number of hydrogen-bond donors (Lipinski definition) is 1. The lowest BCUT2D eigenvalue weighted by Crippen LogP contribution is -2.28. The Kier molecular flexibility index (Phi) is 22.3. The first-order valence-corrected chi connectivity index (χ1v) is 12.7. The lowest BCUT2D eigenvalue weighted by Gasteiger charge is -2.15. The molecule has 5 nitrogen and oxygen atoms in total. The van der Waals surface area contributed by atoms with E-state index in [1.165, 1.54) is 64.2 Å². The number of esters is 2. The number of rotatable bonds is 22. The van der Waals surface area contributed by atoms with Crippen LogP contribution in [0.4, 0.5) is 0 Å². The summed E-state index contributed by atoms with van der Waals surface area (Å²) in [6.07, 6.45) is 22.0. The molecule has 0 aromatic rings. The number of carbonyl (C=O) groups excluding carboxylic acids is 2. The highest BCUT2D eigenvalue weighted by atomic mass is 16.6. The topological polar surface area (TPSA) is 72.8 Å². The zero-order valence-corrected chi connectivity index (χ0v) is 20.2. The number of unbranched alkanes of at least 4 members (excludes halogenated alkanes) is 12. The monoisotopic (exact) mass is 440 g/mol. The molecule has 0 aromatic heterocycles. The van der Waals surface area contributed by atoms with Gasteiger partial charge in [0, 0.05) is 12.8 Å². The molecule has 5 heteroatoms. The van der Waals surface area contributed by atoms with Crippen molar-refractivity contribution in [1.29, 1.82) is 0 Å². The average Bonchev–Trinajstić information content (AvgIpc) is 2.77. The van der Waals surface area contributed by atoms with Gasteiger partial charge in [0.15, 0.2) is 6.10 Å². The molecule has 1 N–H and O–H groups in total. The van der Waals surface area contributed by atoms with Crippen molar-refractivity contribution in [3.63, 3.8) is 0 Å². The second-order valence-electron chi connectivity index (χ2n) is 8.42. The quantitative estimate of drug-likeness (QED) is 0.116. The Bertz CT molecular complexity index is 447. The molecule has 182 valence electrons. The van der Waals surface area contributed by atoms with Crippen LogP contribution in [-0.2, 0) is 19.1 Å². The predicted molar refractivity (Wildman–Crippen MR) is 127 cm³/mol. The smallest absolute Gasteiger partial charge is 0.306 e. The Labute approximate surface area is 191 Å². The Morgan fingerprint density at radius 2 is 1.23 bits per heavy atom. The van der Waals surface area contributed by atoms with Crippen LogP contribution < -0.4 is 0 Å². The second-order valence-corrected chi connectivity index (χ2v) is 8.42. The van der Waals surface area contributed by atoms with Gasteiger partial charge in [-0.25, -0.2) is 0 Å². The van der Waals surface area contributed by atoms with Gasteiger partial charge in [-0.05, 0) is 38.5 Å². The molecular formula is C26H48O5. The fourth-order valence-corrected chi connectivity index (χ4v) is 3.29. The van der Waals surface area contributed by atoms with Gasteiger partial charge in [-0.15, -0.1) is 0 Å². The maximum atomic E-state index is 11.9. The maximum Gasteiger partial charge on any atom is 0.306 e. The fraction of sp³-hybridized carbons (Fsp3) is 0.846. The first kappa shape index (κ1) is 29.6. The van der Waals surface area contributed by atoms with E-state index in [-0.39, 0.29) is 25.2 Å². The highest BCUT2D eigenvalue weighted by Gasteiger charge is 2.15. The van der Waals surface area contributed by atoms with Crippen LogP contribution in [0.25, 0.3) is 0 Å². The van der Waals surface area contributed by atoms with Crippen LogP contribution >= 0.6 is 0 Å². The third-order valence-corrected chi connectivity index (χ3v) is 5.31. The van der Waals surface area contributed by atoms with E-state index in [1.54, 1.807) is 0 Å². The standard InChI is InChI=1S/C26H48O5/c1-3-5-7-8-9-10-11-12-13-14-15-16-17-18-19-21-26(29)31-24(22-27)23-30-25(28)20-6-4-2/h11-12,24,27H,3-10,13-23H2,1-2H3/b12-11+/t24-/m0/s1. The van der Waals surface area contributed by atoms with Crippen LogP contribution in [0.5, 0.6) is 0 Å². The Balaban J connectivity index is 3.52. The highest BCUT2D eigenvalue weighted by molar-refractivity contribution is 5.70. The van der Waals surface area contributed by atoms with Crippen LogP contribution in [0.1, 0.15) is 123 Å². The molecular weight excluding hydrogens is 392 g/mol. The van der Waals surface area contributed by atoms with Gasteiger partial charge in [0.05, 0.1) is 6.61 Å². The summed E-state index contributed by atoms with van der Waals surface area (Å²) in [7, 11) is 0. The lowest BCUT2D eigenvalue weighted by molar-refractivity contribution is -0.161. The molecule has 0 rings (SSSR count). The van der Waals surface area contributed by atoms with E-state index in [9.17, 15) is 14.7 Å². The minimum atomic E-state index is -0.762. The molecule has 0 heterocycles. The summed E-state index contributed by atoms with van der Waals surface area (Å²) in [6.45, 7) is 3.85. The van der Waals surface area contributed by atoms with E-state index >= 15 is 0 Å². The van der Waals surface area contributed by atoms with Crippen molar-refractivity contribution in [2.45, 2.75) is 129 Å². The molecule has 0 aromatic carbocycles. The van der Waals surface area contributed by atoms with E-state index in [0.29, 0.717) is 12.8 Å². The van der Waals surface area contributed by atoms with Gasteiger partial charge in [0.25, 0.3) is 0 Å². The second kappa shape index (κ2) is 23.3. The van der Waals surface area contributed by atoms with Crippen molar-refractivity contribution < 1.29 is 24.2 Å². The van der Waals surface area contributed by atoms with Crippen LogP contribution in [0.2, 0.25) is 0 Å². The summed E-state index contributed by atoms with van der Waals surface area (Å²) >= 11 is 0. The van der Waals surface area contributed by atoms with Crippen molar-refractivity contribution in [3.05, 3.63) is 12.2 Å². The first-order valence-electron chi connectivity index (χ1n) is 12.7. The SMILES string of the molecule is CCCCCCC/C=C/CCCCCCCCC(=O)O[C@@H](CO)COC(=O)CCCC. The Morgan fingerprint density at radius 3 is 1.81 bits per heavy atom. The molecule has 0 aliphatic carbocycles. The minimum absolute atomic E-state index is 0.0713. The van der Waals surface area contributed by atoms with Crippen molar-refractivity contribution in [2.24, 2.45) is 0 Å². The minimum Gasteiger partial charge on any atom is -0.462 e. The number of ether oxygens (including phenoxy) is 2. The van der Waals surface area contributed by atoms with E-state index in [1.807, 2.05) is 6.92 Å². The van der Waals surface area contributed by atoms with Crippen LogP contribution in [0.3, 0.4) is 0 Å². The third kappa shape index (κ3) is 21.7. The lowest BCUT2D eigenvalue weighted by atomic mass is 10.1. The van der Waals surface area contributed by atoms with E-state index in [2.05, 4.69) is 19.1 Å². The van der Waals surface area contributed by atoms with E-state index in [0.717, 1.165) is 32.1 Å². The number of allylic oxidation sites excluding steroid dienone is 2. The molecule has 0 saturated carbocycles. The van der Waals surface area contributed by atoms with Crippen molar-refractivity contribution in [2.75, 3.05) is 13.2 Å². The zero-order chi connectivity index (χ0) is 23.0. The Morgan fingerprint density at radius 1 is 0.710 bits per heavy atom. The first-order chi connectivity index (χ1) is 15.1. The van der Waals surface area contributed by atoms with Gasteiger partial charge in [0.2, 0.25) is 0 Å². The number of carbonyl (C=O) groups is 2. The van der Waals surface area contributed by atoms with E-state index < -0.39 is 6.10 Å². The molecule has 31 heavy (non-hydrogen) atoms. The van der Waals surface area contributed by atoms with Gasteiger partial charge in [-0.2, -0.15) is 0 Å². The number of aliphatic hydroxyl groups excluding tert-OH is 1. The molecule has 0 radical (unpaired) electrons. The fourth-order valence-electron chi connectivity index (χ4n) is 3.29. The summed E-state index contributed by atoms with van der Waals surface area (Å²) in [6, 6.07) is 0. The molecule has 0 aliphatic rings. The molecule has 0 bridgehead atoms. The summed E-state index contributed by atoms with van der Waals surface area (Å²) < 4.78 is 10.2. The van der Waals surface area contributed by atoms with Crippen molar-refractivity contribution >= 4 is 11.9 Å². The molecule has 1 atom stereocenters. The summed E-state index contributed by atoms with van der Waals surface area (Å²) in [5.41, 5.74) is 0. The van der Waals surface area contributed by atoms with Crippen LogP contribution in [0.15, 0.2) is 12.2 Å². The van der Waals surface area contributed by atoms with Gasteiger partial charge in [-0.1, -0.05) is 83.8 Å². The van der Waals surface area contributed by atoms with Gasteiger partial charge in [0.1, 0.15) is 6.61 Å².